The van der Waals surface area contributed by atoms with Crippen molar-refractivity contribution in [3.05, 3.63) is 107 Å². The van der Waals surface area contributed by atoms with Crippen molar-refractivity contribution in [1.29, 1.82) is 0 Å². The highest BCUT2D eigenvalue weighted by Gasteiger charge is 2.71. The van der Waals surface area contributed by atoms with Crippen molar-refractivity contribution < 1.29 is 96.6 Å². The third-order valence-electron chi connectivity index (χ3n) is 11.9. The second-order valence-electron chi connectivity index (χ2n) is 17.6. The Bertz CT molecular complexity index is 2410. The minimum atomic E-state index is -5.79. The van der Waals surface area contributed by atoms with Gasteiger partial charge in [-0.05, 0) is 69.5 Å². The van der Waals surface area contributed by atoms with Crippen LogP contribution in [0.25, 0.3) is 33.4 Å². The molecule has 0 amide bonds. The average Bonchev–Trinajstić information content (AvgIpc) is 3.21. The third-order valence-corrected chi connectivity index (χ3v) is 16.2. The molecule has 4 aromatic rings. The molecule has 10 unspecified atom stereocenters. The van der Waals surface area contributed by atoms with Gasteiger partial charge in [0, 0.05) is 25.7 Å². The van der Waals surface area contributed by atoms with Gasteiger partial charge in [0.2, 0.25) is 11.3 Å². The molecule has 4 aromatic carbocycles. The molecule has 0 saturated heterocycles. The second kappa shape index (κ2) is 20.7. The van der Waals surface area contributed by atoms with Crippen LogP contribution in [0.4, 0.5) is 96.6 Å². The zero-order valence-corrected chi connectivity index (χ0v) is 43.8. The van der Waals surface area contributed by atoms with Gasteiger partial charge in [0.1, 0.15) is 0 Å². The zero-order chi connectivity index (χ0) is 55.7. The maximum Gasteiger partial charge on any atom is 0.406 e. The van der Waals surface area contributed by atoms with Crippen LogP contribution < -0.4 is 0 Å². The Hall–Kier alpha value is -2.08. The molecule has 72 heavy (non-hydrogen) atoms. The number of halogens is 22. The van der Waals surface area contributed by atoms with E-state index < -0.39 is 134 Å². The topological polar surface area (TPSA) is 0 Å². The Labute approximate surface area is 412 Å². The standard InChI is InChI=1S/C44H42F22P6/c1-33(47,31(45)67)39(57,58)35(49,50)17-21-11-22(18-36(51,52)40(59,60)34(2,48)32(46)68)14-29(13-21)27-7-3-25(4-8-27)26-5-9-28(10-6-26)30-15-23(19-37(53,54)41(69,70)43(61,62)63)12-24(16-30)20-38(55,56)42(71,72)44(64,65)66/h3-16,31-32H,17-20,67-72H2,1-2H3. The molecule has 0 aliphatic rings. The summed E-state index contributed by atoms with van der Waals surface area (Å²) in [5.74, 6) is -38.4. The number of benzene rings is 4. The molecule has 0 radical (unpaired) electrons. The molecule has 0 aliphatic heterocycles. The Kier molecular flexibility index (Phi) is 18.0. The fourth-order valence-electron chi connectivity index (χ4n) is 6.99. The summed E-state index contributed by atoms with van der Waals surface area (Å²) in [6.45, 7) is -0.345. The van der Waals surface area contributed by atoms with Crippen molar-refractivity contribution in [3.8, 4) is 33.4 Å². The Morgan fingerprint density at radius 3 is 0.722 bits per heavy atom. The van der Waals surface area contributed by atoms with E-state index in [4.69, 9.17) is 0 Å². The van der Waals surface area contributed by atoms with Gasteiger partial charge >= 0.3 is 36.0 Å². The molecule has 0 saturated carbocycles. The summed E-state index contributed by atoms with van der Waals surface area (Å²) in [7, 11) is 5.73. The quantitative estimate of drug-likeness (QED) is 0.0648. The van der Waals surface area contributed by atoms with E-state index >= 15 is 35.1 Å². The lowest BCUT2D eigenvalue weighted by molar-refractivity contribution is -0.273. The van der Waals surface area contributed by atoms with E-state index in [1.165, 1.54) is 48.5 Å². The van der Waals surface area contributed by atoms with Crippen LogP contribution in [0.1, 0.15) is 36.1 Å². The molecule has 0 spiro atoms. The van der Waals surface area contributed by atoms with E-state index in [1.807, 2.05) is 0 Å². The molecule has 0 aliphatic carbocycles. The van der Waals surface area contributed by atoms with E-state index in [2.05, 4.69) is 0 Å². The third kappa shape index (κ3) is 12.2. The van der Waals surface area contributed by atoms with Gasteiger partial charge in [0.15, 0.2) is 21.6 Å². The fraction of sp³-hybridized carbons (Fsp3) is 0.455. The van der Waals surface area contributed by atoms with Crippen molar-refractivity contribution in [1.82, 2.24) is 0 Å². The van der Waals surface area contributed by atoms with E-state index in [1.54, 1.807) is 0 Å². The molecule has 0 fully saturated rings. The molecular weight excluding hydrogens is 1130 g/mol. The van der Waals surface area contributed by atoms with Crippen LogP contribution in [0.15, 0.2) is 84.9 Å². The summed E-state index contributed by atoms with van der Waals surface area (Å²) in [6.07, 6.45) is -19.0. The zero-order valence-electron chi connectivity index (χ0n) is 36.8. The number of alkyl halides is 22. The largest absolute Gasteiger partial charge is 0.406 e. The highest BCUT2D eigenvalue weighted by Crippen LogP contribution is 2.57. The van der Waals surface area contributed by atoms with Crippen LogP contribution >= 0.6 is 55.4 Å². The number of rotatable bonds is 19. The Balaban J connectivity index is 1.80. The van der Waals surface area contributed by atoms with Crippen LogP contribution in [0, 0.1) is 0 Å². The van der Waals surface area contributed by atoms with E-state index in [0.717, 1.165) is 67.6 Å². The van der Waals surface area contributed by atoms with Gasteiger partial charge in [-0.2, -0.15) is 61.5 Å². The van der Waals surface area contributed by atoms with Gasteiger partial charge in [-0.1, -0.05) is 103 Å². The second-order valence-corrected chi connectivity index (χ2v) is 23.7. The maximum absolute atomic E-state index is 15.3. The summed E-state index contributed by atoms with van der Waals surface area (Å²) < 4.78 is 321. The first-order valence-corrected chi connectivity index (χ1v) is 23.9. The molecule has 402 valence electrons. The first-order valence-electron chi connectivity index (χ1n) is 20.3. The molecule has 0 bridgehead atoms. The first kappa shape index (κ1) is 62.5. The van der Waals surface area contributed by atoms with Crippen LogP contribution in [0.5, 0.6) is 0 Å². The Morgan fingerprint density at radius 2 is 0.528 bits per heavy atom. The maximum atomic E-state index is 15.3. The van der Waals surface area contributed by atoms with E-state index in [0.29, 0.717) is 24.3 Å². The number of hydrogen-bond donors (Lipinski definition) is 0. The van der Waals surface area contributed by atoms with Gasteiger partial charge < -0.3 is 0 Å². The summed E-state index contributed by atoms with van der Waals surface area (Å²) in [5, 5.41) is 0. The summed E-state index contributed by atoms with van der Waals surface area (Å²) in [5.41, 5.74) is -12.7. The molecule has 4 rings (SSSR count). The molecule has 0 heterocycles. The minimum Gasteiger partial charge on any atom is -0.239 e. The molecule has 0 aromatic heterocycles. The molecule has 0 N–H and O–H groups in total. The van der Waals surface area contributed by atoms with Crippen molar-refractivity contribution in [2.75, 3.05) is 0 Å². The van der Waals surface area contributed by atoms with Crippen LogP contribution in [0.3, 0.4) is 0 Å². The van der Waals surface area contributed by atoms with E-state index in [-0.39, 0.29) is 41.7 Å². The summed E-state index contributed by atoms with van der Waals surface area (Å²) >= 11 is 0. The fourth-order valence-corrected chi connectivity index (χ4v) is 7.82. The highest BCUT2D eigenvalue weighted by molar-refractivity contribution is 7.40. The van der Waals surface area contributed by atoms with Gasteiger partial charge in [-0.15, -0.1) is 37.0 Å². The lowest BCUT2D eigenvalue weighted by atomic mass is 9.87. The van der Waals surface area contributed by atoms with Crippen molar-refractivity contribution in [3.63, 3.8) is 0 Å². The van der Waals surface area contributed by atoms with Gasteiger partial charge in [-0.3, -0.25) is 0 Å². The van der Waals surface area contributed by atoms with Gasteiger partial charge in [0.05, 0.1) is 0 Å². The van der Waals surface area contributed by atoms with Crippen LogP contribution in [-0.4, -0.2) is 80.8 Å². The SMILES string of the molecule is CC(F)(C(F)P)C(F)(F)C(F)(F)Cc1cc(CC(F)(F)C(F)(F)C(C)(F)C(F)P)cc(-c2ccc(-c3ccc(-c4cc(CC(F)(F)C(P)(P)C(F)(F)F)cc(CC(F)(F)C(P)(P)C(F)(F)F)c4)cc3)cc2)c1. The van der Waals surface area contributed by atoms with Crippen molar-refractivity contribution in [2.45, 2.75) is 120 Å². The highest BCUT2D eigenvalue weighted by atomic mass is 31.1. The Morgan fingerprint density at radius 1 is 0.333 bits per heavy atom. The summed E-state index contributed by atoms with van der Waals surface area (Å²) in [6, 6.07) is 14.2. The van der Waals surface area contributed by atoms with Crippen molar-refractivity contribution >= 4 is 55.4 Å². The van der Waals surface area contributed by atoms with E-state index in [9.17, 15) is 61.5 Å². The summed E-state index contributed by atoms with van der Waals surface area (Å²) in [4.78, 5) is -7.68. The molecular formula is C44H42F22P6. The van der Waals surface area contributed by atoms with Crippen LogP contribution in [-0.2, 0) is 25.7 Å². The molecule has 10 atom stereocenters. The van der Waals surface area contributed by atoms with Gasteiger partial charge in [-0.25, -0.2) is 35.1 Å². The predicted molar refractivity (Wildman–Crippen MR) is 252 cm³/mol. The monoisotopic (exact) mass is 1170 g/mol. The minimum absolute atomic E-state index is 0.0115. The predicted octanol–water partition coefficient (Wildman–Crippen LogP) is 16.5. The lowest BCUT2D eigenvalue weighted by Gasteiger charge is -2.37. The van der Waals surface area contributed by atoms with Crippen LogP contribution in [0.2, 0.25) is 0 Å². The number of hydrogen-bond acceptors (Lipinski definition) is 0. The molecule has 28 heteroatoms. The lowest BCUT2D eigenvalue weighted by Crippen LogP contribution is -2.59. The average molecular weight is 1170 g/mol. The first-order chi connectivity index (χ1) is 32.1. The van der Waals surface area contributed by atoms with Crippen molar-refractivity contribution in [2.24, 2.45) is 0 Å². The molecule has 0 nitrogen and oxygen atoms in total. The smallest absolute Gasteiger partial charge is 0.239 e. The van der Waals surface area contributed by atoms with Gasteiger partial charge in [0.25, 0.3) is 11.8 Å². The normalized spacial score (nSPS) is 16.8.